The van der Waals surface area contributed by atoms with Crippen LogP contribution in [0.25, 0.3) is 0 Å². The number of likely N-dealkylation sites (tertiary alicyclic amines) is 1. The van der Waals surface area contributed by atoms with E-state index < -0.39 is 0 Å². The summed E-state index contributed by atoms with van der Waals surface area (Å²) in [5.74, 6) is -0.162. The number of carbonyl (C=O) groups excluding carboxylic acids is 2. The van der Waals surface area contributed by atoms with E-state index in [1.165, 1.54) is 7.11 Å². The normalized spacial score (nSPS) is 20.5. The average Bonchev–Trinajstić information content (AvgIpc) is 2.16. The van der Waals surface area contributed by atoms with Gasteiger partial charge in [0.15, 0.2) is 0 Å². The Morgan fingerprint density at radius 2 is 2.27 bits per heavy atom. The second-order valence-corrected chi connectivity index (χ2v) is 3.57. The van der Waals surface area contributed by atoms with E-state index in [0.717, 1.165) is 13.0 Å². The molecule has 0 aromatic rings. The third-order valence-electron chi connectivity index (χ3n) is 2.60. The molecule has 1 amide bonds. The summed E-state index contributed by atoms with van der Waals surface area (Å²) in [5.41, 5.74) is 0. The Morgan fingerprint density at radius 1 is 1.53 bits per heavy atom. The molecule has 5 heteroatoms. The van der Waals surface area contributed by atoms with Crippen molar-refractivity contribution >= 4 is 11.9 Å². The maximum absolute atomic E-state index is 11.2. The van der Waals surface area contributed by atoms with Crippen LogP contribution < -0.4 is 5.32 Å². The van der Waals surface area contributed by atoms with Crippen molar-refractivity contribution in [1.82, 2.24) is 10.2 Å². The summed E-state index contributed by atoms with van der Waals surface area (Å²) in [7, 11) is 1.39. The lowest BCUT2D eigenvalue weighted by molar-refractivity contribution is -0.152. The van der Waals surface area contributed by atoms with Gasteiger partial charge in [-0.05, 0) is 13.3 Å². The maximum atomic E-state index is 11.2. The minimum Gasteiger partial charge on any atom is -0.468 e. The predicted octanol–water partition coefficient (Wildman–Crippen LogP) is -0.240. The number of amides is 1. The van der Waals surface area contributed by atoms with E-state index in [1.54, 1.807) is 0 Å². The van der Waals surface area contributed by atoms with E-state index in [0.29, 0.717) is 19.5 Å². The highest BCUT2D eigenvalue weighted by atomic mass is 16.5. The number of nitrogens with zero attached hydrogens (tertiary/aromatic N) is 1. The van der Waals surface area contributed by atoms with Gasteiger partial charge in [0.1, 0.15) is 6.04 Å². The molecule has 1 aliphatic rings. The Hall–Kier alpha value is -1.10. The van der Waals surface area contributed by atoms with Gasteiger partial charge in [-0.1, -0.05) is 0 Å². The fourth-order valence-corrected chi connectivity index (χ4v) is 1.64. The second-order valence-electron chi connectivity index (χ2n) is 3.57. The number of ether oxygens (including phenoxy) is 1. The minimum absolute atomic E-state index is 0.0352. The first-order valence-electron chi connectivity index (χ1n) is 5.27. The third-order valence-corrected chi connectivity index (χ3v) is 2.60. The standard InChI is InChI=1S/C10H18N2O3/c1-3-11-9(13)5-7-12-6-4-8(12)10(14)15-2/h8H,3-7H2,1-2H3,(H,11,13). The SMILES string of the molecule is CCNC(=O)CCN1CCC1C(=O)OC. The Balaban J connectivity index is 2.22. The van der Waals surface area contributed by atoms with Gasteiger partial charge in [-0.15, -0.1) is 0 Å². The topological polar surface area (TPSA) is 58.6 Å². The van der Waals surface area contributed by atoms with Crippen LogP contribution in [0.5, 0.6) is 0 Å². The van der Waals surface area contributed by atoms with Crippen molar-refractivity contribution in [2.24, 2.45) is 0 Å². The van der Waals surface area contributed by atoms with Crippen LogP contribution in [0, 0.1) is 0 Å². The smallest absolute Gasteiger partial charge is 0.323 e. The maximum Gasteiger partial charge on any atom is 0.323 e. The van der Waals surface area contributed by atoms with Gasteiger partial charge in [-0.3, -0.25) is 14.5 Å². The molecule has 1 fully saturated rings. The molecule has 15 heavy (non-hydrogen) atoms. The molecule has 1 atom stereocenters. The second kappa shape index (κ2) is 5.70. The van der Waals surface area contributed by atoms with Gasteiger partial charge in [0.05, 0.1) is 7.11 Å². The van der Waals surface area contributed by atoms with Gasteiger partial charge < -0.3 is 10.1 Å². The van der Waals surface area contributed by atoms with Crippen molar-refractivity contribution < 1.29 is 14.3 Å². The number of carbonyl (C=O) groups is 2. The molecule has 1 N–H and O–H groups in total. The quantitative estimate of drug-likeness (QED) is 0.642. The van der Waals surface area contributed by atoms with Crippen LogP contribution in [0.1, 0.15) is 19.8 Å². The molecule has 1 heterocycles. The molecule has 0 radical (unpaired) electrons. The zero-order valence-electron chi connectivity index (χ0n) is 9.28. The van der Waals surface area contributed by atoms with E-state index in [1.807, 2.05) is 11.8 Å². The molecule has 0 aromatic heterocycles. The van der Waals surface area contributed by atoms with Gasteiger partial charge >= 0.3 is 5.97 Å². The van der Waals surface area contributed by atoms with E-state index in [4.69, 9.17) is 0 Å². The fourth-order valence-electron chi connectivity index (χ4n) is 1.64. The Bertz CT molecular complexity index is 243. The molecule has 0 aromatic carbocycles. The zero-order valence-corrected chi connectivity index (χ0v) is 9.28. The summed E-state index contributed by atoms with van der Waals surface area (Å²) in [6, 6.07) is -0.135. The van der Waals surface area contributed by atoms with E-state index in [2.05, 4.69) is 10.1 Å². The Labute approximate surface area is 89.8 Å². The van der Waals surface area contributed by atoms with Gasteiger partial charge in [-0.2, -0.15) is 0 Å². The lowest BCUT2D eigenvalue weighted by atomic mass is 10.0. The van der Waals surface area contributed by atoms with Crippen LogP contribution in [0.4, 0.5) is 0 Å². The molecule has 1 aliphatic heterocycles. The van der Waals surface area contributed by atoms with Crippen molar-refractivity contribution in [3.63, 3.8) is 0 Å². The molecule has 0 aliphatic carbocycles. The molecular weight excluding hydrogens is 196 g/mol. The van der Waals surface area contributed by atoms with Gasteiger partial charge in [0, 0.05) is 26.1 Å². The van der Waals surface area contributed by atoms with E-state index in [9.17, 15) is 9.59 Å². The molecule has 1 rings (SSSR count). The summed E-state index contributed by atoms with van der Waals surface area (Å²) < 4.78 is 4.66. The summed E-state index contributed by atoms with van der Waals surface area (Å²) >= 11 is 0. The lowest BCUT2D eigenvalue weighted by Crippen LogP contribution is -2.53. The van der Waals surface area contributed by atoms with Crippen LogP contribution in [0.2, 0.25) is 0 Å². The Morgan fingerprint density at radius 3 is 2.73 bits per heavy atom. The highest BCUT2D eigenvalue weighted by Crippen LogP contribution is 2.18. The fraction of sp³-hybridized carbons (Fsp3) is 0.800. The van der Waals surface area contributed by atoms with Crippen molar-refractivity contribution in [1.29, 1.82) is 0 Å². The first-order chi connectivity index (χ1) is 7.19. The highest BCUT2D eigenvalue weighted by Gasteiger charge is 2.34. The van der Waals surface area contributed by atoms with Crippen molar-refractivity contribution in [2.45, 2.75) is 25.8 Å². The van der Waals surface area contributed by atoms with E-state index in [-0.39, 0.29) is 17.9 Å². The molecule has 0 spiro atoms. The summed E-state index contributed by atoms with van der Waals surface area (Å²) in [6.45, 7) is 4.04. The molecule has 1 unspecified atom stereocenters. The number of methoxy groups -OCH3 is 1. The minimum atomic E-state index is -0.197. The number of esters is 1. The summed E-state index contributed by atoms with van der Waals surface area (Å²) in [4.78, 5) is 24.4. The highest BCUT2D eigenvalue weighted by molar-refractivity contribution is 5.78. The van der Waals surface area contributed by atoms with Crippen LogP contribution in [0.3, 0.4) is 0 Å². The molecule has 86 valence electrons. The Kier molecular flexibility index (Phi) is 4.55. The zero-order chi connectivity index (χ0) is 11.3. The summed E-state index contributed by atoms with van der Waals surface area (Å²) in [6.07, 6.45) is 1.28. The number of rotatable bonds is 5. The molecule has 0 bridgehead atoms. The average molecular weight is 214 g/mol. The molecule has 1 saturated heterocycles. The van der Waals surface area contributed by atoms with Crippen molar-refractivity contribution in [2.75, 3.05) is 26.7 Å². The third kappa shape index (κ3) is 3.20. The largest absolute Gasteiger partial charge is 0.468 e. The molecular formula is C10H18N2O3. The van der Waals surface area contributed by atoms with Gasteiger partial charge in [0.2, 0.25) is 5.91 Å². The first kappa shape index (κ1) is 12.0. The molecule has 5 nitrogen and oxygen atoms in total. The monoisotopic (exact) mass is 214 g/mol. The number of hydrogen-bond acceptors (Lipinski definition) is 4. The van der Waals surface area contributed by atoms with E-state index >= 15 is 0 Å². The van der Waals surface area contributed by atoms with Crippen LogP contribution >= 0.6 is 0 Å². The first-order valence-corrected chi connectivity index (χ1v) is 5.27. The van der Waals surface area contributed by atoms with Gasteiger partial charge in [0.25, 0.3) is 0 Å². The van der Waals surface area contributed by atoms with Crippen molar-refractivity contribution in [3.05, 3.63) is 0 Å². The predicted molar refractivity (Wildman–Crippen MR) is 55.3 cm³/mol. The number of hydrogen-bond donors (Lipinski definition) is 1. The van der Waals surface area contributed by atoms with Crippen molar-refractivity contribution in [3.8, 4) is 0 Å². The molecule has 0 saturated carbocycles. The lowest BCUT2D eigenvalue weighted by Gasteiger charge is -2.38. The van der Waals surface area contributed by atoms with Crippen LogP contribution in [-0.2, 0) is 14.3 Å². The van der Waals surface area contributed by atoms with Gasteiger partial charge in [-0.25, -0.2) is 0 Å². The number of nitrogens with one attached hydrogen (secondary N) is 1. The summed E-state index contributed by atoms with van der Waals surface area (Å²) in [5, 5.41) is 2.73. The van der Waals surface area contributed by atoms with Crippen LogP contribution in [0.15, 0.2) is 0 Å². The van der Waals surface area contributed by atoms with Crippen LogP contribution in [-0.4, -0.2) is 49.6 Å².